The standard InChI is InChI=1S/H5N5O3/c1-3-4(2)8-5(6)7-3/h5H,1-2H2. The van der Waals surface area contributed by atoms with Crippen LogP contribution in [0, 0.1) is 5.21 Å². The molecule has 1 aliphatic heterocycles. The van der Waals surface area contributed by atoms with E-state index in [1.165, 1.54) is 0 Å². The Hall–Kier alpha value is -0.320. The summed E-state index contributed by atoms with van der Waals surface area (Å²) in [6.45, 7) is 0. The van der Waals surface area contributed by atoms with Crippen LogP contribution in [0.4, 0.5) is 0 Å². The first kappa shape index (κ1) is 5.81. The van der Waals surface area contributed by atoms with Gasteiger partial charge in [-0.3, -0.25) is 0 Å². The summed E-state index contributed by atoms with van der Waals surface area (Å²) < 4.78 is 0. The molecule has 1 rings (SSSR count). The van der Waals surface area contributed by atoms with E-state index in [1.807, 2.05) is 0 Å². The highest BCUT2D eigenvalue weighted by Gasteiger charge is 2.26. The molecule has 0 aromatic heterocycles. The summed E-state index contributed by atoms with van der Waals surface area (Å²) in [5.74, 6) is 9.67. The molecular weight excluding hydrogens is 118 g/mol. The number of rotatable bonds is 0. The minimum absolute atomic E-state index is 0.461. The van der Waals surface area contributed by atoms with E-state index in [1.54, 1.807) is 0 Å². The first-order chi connectivity index (χ1) is 3.70. The lowest BCUT2D eigenvalue weighted by Gasteiger charge is -2.01. The van der Waals surface area contributed by atoms with Gasteiger partial charge >= 0.3 is 0 Å². The van der Waals surface area contributed by atoms with Gasteiger partial charge in [-0.15, -0.1) is 0 Å². The van der Waals surface area contributed by atoms with Gasteiger partial charge in [-0.25, -0.2) is 11.7 Å². The van der Waals surface area contributed by atoms with Crippen LogP contribution in [0.5, 0.6) is 0 Å². The minimum Gasteiger partial charge on any atom is -0.563 e. The third-order valence-electron chi connectivity index (χ3n) is 0.530. The monoisotopic (exact) mass is 123 g/mol. The van der Waals surface area contributed by atoms with Gasteiger partial charge in [0.1, 0.15) is 0 Å². The predicted octanol–water partition coefficient (Wildman–Crippen LogP) is -3.66. The van der Waals surface area contributed by atoms with Gasteiger partial charge in [0, 0.05) is 0 Å². The van der Waals surface area contributed by atoms with Crippen molar-refractivity contribution in [3.8, 4) is 0 Å². The SMILES string of the molecule is NN1O[NH+]([O-])ON1N. The number of hydrogen-bond acceptors (Lipinski definition) is 7. The smallest absolute Gasteiger partial charge is 0.0515 e. The predicted molar refractivity (Wildman–Crippen MR) is 18.6 cm³/mol. The number of quaternary nitrogens is 1. The van der Waals surface area contributed by atoms with E-state index in [2.05, 4.69) is 9.88 Å². The third kappa shape index (κ3) is 0.912. The summed E-state index contributed by atoms with van der Waals surface area (Å²) in [7, 11) is 0. The minimum atomic E-state index is -0.949. The largest absolute Gasteiger partial charge is 0.563 e. The van der Waals surface area contributed by atoms with Crippen molar-refractivity contribution in [3.63, 3.8) is 0 Å². The van der Waals surface area contributed by atoms with Gasteiger partial charge in [0.05, 0.1) is 10.6 Å². The van der Waals surface area contributed by atoms with Gasteiger partial charge in [0.25, 0.3) is 0 Å². The molecule has 1 aliphatic rings. The number of nitrogens with zero attached hydrogens (tertiary/aromatic N) is 2. The lowest BCUT2D eigenvalue weighted by atomic mass is 12.2. The molecule has 8 heteroatoms. The highest BCUT2D eigenvalue weighted by Crippen LogP contribution is 1.83. The van der Waals surface area contributed by atoms with Crippen molar-refractivity contribution in [3.05, 3.63) is 5.21 Å². The summed E-state index contributed by atoms with van der Waals surface area (Å²) in [4.78, 5) is 8.05. The van der Waals surface area contributed by atoms with Crippen molar-refractivity contribution >= 4 is 0 Å². The molecule has 1 saturated heterocycles. The zero-order chi connectivity index (χ0) is 6.15. The normalized spacial score (nSPS) is 27.4. The van der Waals surface area contributed by atoms with E-state index in [0.29, 0.717) is 10.6 Å². The highest BCUT2D eigenvalue weighted by atomic mass is 17.3. The zero-order valence-corrected chi connectivity index (χ0v) is 3.77. The Labute approximate surface area is 44.0 Å². The molecule has 0 aromatic carbocycles. The van der Waals surface area contributed by atoms with Gasteiger partial charge in [0.2, 0.25) is 0 Å². The maximum Gasteiger partial charge on any atom is 0.0515 e. The number of hydrogen-bond donors (Lipinski definition) is 3. The number of hydrazine groups is 3. The summed E-state index contributed by atoms with van der Waals surface area (Å²) in [5.41, 5.74) is 0. The first-order valence-electron chi connectivity index (χ1n) is 1.69. The maximum atomic E-state index is 9.98. The van der Waals surface area contributed by atoms with Crippen LogP contribution in [-0.4, -0.2) is 10.6 Å². The van der Waals surface area contributed by atoms with Crippen LogP contribution in [0.3, 0.4) is 0 Å². The van der Waals surface area contributed by atoms with Gasteiger partial charge in [-0.2, -0.15) is 0 Å². The fraction of sp³-hybridized carbons (Fsp3) is 0. The van der Waals surface area contributed by atoms with E-state index in [0.717, 1.165) is 0 Å². The second kappa shape index (κ2) is 1.89. The van der Waals surface area contributed by atoms with E-state index in [4.69, 9.17) is 11.7 Å². The van der Waals surface area contributed by atoms with Crippen LogP contribution < -0.4 is 17.1 Å². The fourth-order valence-electron chi connectivity index (χ4n) is 0.250. The molecule has 0 saturated carbocycles. The molecule has 0 radical (unpaired) electrons. The van der Waals surface area contributed by atoms with Gasteiger partial charge in [-0.05, 0) is 15.3 Å². The highest BCUT2D eigenvalue weighted by molar-refractivity contribution is 3.95. The summed E-state index contributed by atoms with van der Waals surface area (Å²) in [6.07, 6.45) is 0. The summed E-state index contributed by atoms with van der Waals surface area (Å²) in [6, 6.07) is 0. The molecule has 1 fully saturated rings. The second-order valence-electron chi connectivity index (χ2n) is 1.04. The van der Waals surface area contributed by atoms with E-state index in [-0.39, 0.29) is 0 Å². The van der Waals surface area contributed by atoms with E-state index >= 15 is 0 Å². The molecule has 5 N–H and O–H groups in total. The van der Waals surface area contributed by atoms with Crippen LogP contribution in [-0.2, 0) is 9.88 Å². The van der Waals surface area contributed by atoms with Crippen molar-refractivity contribution in [2.45, 2.75) is 0 Å². The molecule has 0 atom stereocenters. The van der Waals surface area contributed by atoms with E-state index < -0.39 is 5.39 Å². The summed E-state index contributed by atoms with van der Waals surface area (Å²) >= 11 is 0. The molecule has 0 bridgehead atoms. The van der Waals surface area contributed by atoms with Crippen molar-refractivity contribution in [2.75, 3.05) is 0 Å². The van der Waals surface area contributed by atoms with Gasteiger partial charge in [0.15, 0.2) is 0 Å². The molecule has 0 spiro atoms. The van der Waals surface area contributed by atoms with Crippen LogP contribution in [0.2, 0.25) is 0 Å². The van der Waals surface area contributed by atoms with Crippen molar-refractivity contribution in [1.29, 1.82) is 0 Å². The zero-order valence-electron chi connectivity index (χ0n) is 3.77. The van der Waals surface area contributed by atoms with Gasteiger partial charge < -0.3 is 5.21 Å². The van der Waals surface area contributed by atoms with Crippen LogP contribution in [0.25, 0.3) is 0 Å². The van der Waals surface area contributed by atoms with Crippen LogP contribution >= 0.6 is 0 Å². The lowest BCUT2D eigenvalue weighted by molar-refractivity contribution is -1.21. The summed E-state index contributed by atoms with van der Waals surface area (Å²) in [5, 5.41) is 9.95. The lowest BCUT2D eigenvalue weighted by Crippen LogP contribution is -3.03. The number of nitrogens with two attached hydrogens (primary N) is 2. The van der Waals surface area contributed by atoms with Gasteiger partial charge in [-0.1, -0.05) is 0 Å². The molecule has 1 heterocycles. The fourth-order valence-corrected chi connectivity index (χ4v) is 0.250. The molecule has 0 aliphatic carbocycles. The van der Waals surface area contributed by atoms with Crippen LogP contribution in [0.1, 0.15) is 0 Å². The van der Waals surface area contributed by atoms with Crippen molar-refractivity contribution < 1.29 is 15.3 Å². The molecule has 0 unspecified atom stereocenters. The Morgan fingerprint density at radius 1 is 1.25 bits per heavy atom. The Morgan fingerprint density at radius 2 is 1.62 bits per heavy atom. The Morgan fingerprint density at radius 3 is 1.75 bits per heavy atom. The Kier molecular flexibility index (Phi) is 1.37. The maximum absolute atomic E-state index is 9.98. The Balaban J connectivity index is 2.39. The first-order valence-corrected chi connectivity index (χ1v) is 1.69. The quantitative estimate of drug-likeness (QED) is 0.225. The molecule has 0 amide bonds. The third-order valence-corrected chi connectivity index (χ3v) is 0.530. The average Bonchev–Trinajstić information content (AvgIpc) is 1.85. The average molecular weight is 123 g/mol. The Bertz CT molecular complexity index is 73.7. The molecule has 8 heavy (non-hydrogen) atoms. The topological polar surface area (TPSA) is 104 Å². The van der Waals surface area contributed by atoms with E-state index in [9.17, 15) is 5.21 Å². The molecule has 0 aromatic rings. The molecule has 48 valence electrons. The second-order valence-corrected chi connectivity index (χ2v) is 1.04. The van der Waals surface area contributed by atoms with Crippen molar-refractivity contribution in [2.24, 2.45) is 11.7 Å². The molecular formula is H5N5O3. The molecule has 8 nitrogen and oxygen atoms in total. The van der Waals surface area contributed by atoms with Crippen molar-refractivity contribution in [1.82, 2.24) is 10.6 Å². The van der Waals surface area contributed by atoms with Crippen LogP contribution in [0.15, 0.2) is 0 Å². The number of nitrogens with one attached hydrogen (secondary N) is 1.